The number of hydrogen-bond donors (Lipinski definition) is 0. The highest BCUT2D eigenvalue weighted by Crippen LogP contribution is 2.33. The number of piperazine rings is 1. The minimum atomic E-state index is -3.59. The summed E-state index contributed by atoms with van der Waals surface area (Å²) in [4.78, 5) is 15.7. The zero-order valence-corrected chi connectivity index (χ0v) is 19.7. The first kappa shape index (κ1) is 22.6. The fourth-order valence-corrected chi connectivity index (χ4v) is 5.92. The fourth-order valence-electron chi connectivity index (χ4n) is 4.48. The number of hydrogen-bond acceptors (Lipinski definition) is 4. The Labute approximate surface area is 191 Å². The van der Waals surface area contributed by atoms with Gasteiger partial charge in [-0.2, -0.15) is 12.7 Å². The molecule has 2 aromatic rings. The molecule has 0 saturated carbocycles. The predicted molar refractivity (Wildman–Crippen MR) is 128 cm³/mol. The van der Waals surface area contributed by atoms with Crippen LogP contribution in [0.3, 0.4) is 0 Å². The van der Waals surface area contributed by atoms with Gasteiger partial charge in [0.15, 0.2) is 0 Å². The smallest absolute Gasteiger partial charge is 0.303 e. The van der Waals surface area contributed by atoms with Crippen LogP contribution in [0.2, 0.25) is 0 Å². The molecule has 2 aliphatic heterocycles. The minimum Gasteiger partial charge on any atom is -0.368 e. The van der Waals surface area contributed by atoms with Crippen molar-refractivity contribution in [2.75, 3.05) is 55.5 Å². The highest BCUT2D eigenvalue weighted by atomic mass is 32.2. The molecule has 1 amide bonds. The summed E-state index contributed by atoms with van der Waals surface area (Å²) in [7, 11) is -1.93. The van der Waals surface area contributed by atoms with E-state index in [4.69, 9.17) is 0 Å². The molecule has 1 saturated heterocycles. The van der Waals surface area contributed by atoms with E-state index in [0.29, 0.717) is 19.5 Å². The Bertz CT molecular complexity index is 1050. The molecule has 0 spiro atoms. The molecule has 0 radical (unpaired) electrons. The van der Waals surface area contributed by atoms with E-state index < -0.39 is 10.2 Å². The van der Waals surface area contributed by atoms with Gasteiger partial charge in [-0.15, -0.1) is 0 Å². The third kappa shape index (κ3) is 4.76. The molecule has 2 heterocycles. The van der Waals surface area contributed by atoms with Crippen LogP contribution in [0.15, 0.2) is 48.5 Å². The van der Waals surface area contributed by atoms with Crippen LogP contribution in [0.5, 0.6) is 0 Å². The number of benzene rings is 2. The van der Waals surface area contributed by atoms with Gasteiger partial charge >= 0.3 is 10.2 Å². The molecule has 0 atom stereocenters. The van der Waals surface area contributed by atoms with Gasteiger partial charge in [0.05, 0.1) is 5.69 Å². The highest BCUT2D eigenvalue weighted by molar-refractivity contribution is 7.90. The van der Waals surface area contributed by atoms with Crippen molar-refractivity contribution in [2.45, 2.75) is 26.2 Å². The highest BCUT2D eigenvalue weighted by Gasteiger charge is 2.31. The van der Waals surface area contributed by atoms with Crippen LogP contribution in [0.25, 0.3) is 0 Å². The second-order valence-corrected chi connectivity index (χ2v) is 10.5. The Hall–Kier alpha value is -2.58. The summed E-state index contributed by atoms with van der Waals surface area (Å²) in [6.45, 7) is 5.59. The monoisotopic (exact) mass is 456 g/mol. The van der Waals surface area contributed by atoms with Gasteiger partial charge in [-0.05, 0) is 48.6 Å². The maximum Gasteiger partial charge on any atom is 0.303 e. The fraction of sp³-hybridized carbons (Fsp3) is 0.458. The Balaban J connectivity index is 1.47. The second-order valence-electron chi connectivity index (χ2n) is 8.55. The van der Waals surface area contributed by atoms with Crippen molar-refractivity contribution in [2.24, 2.45) is 0 Å². The first-order valence-electron chi connectivity index (χ1n) is 11.3. The molecule has 2 aliphatic rings. The topological polar surface area (TPSA) is 64.2 Å². The largest absolute Gasteiger partial charge is 0.368 e. The zero-order valence-electron chi connectivity index (χ0n) is 18.9. The minimum absolute atomic E-state index is 0.118. The number of carbonyl (C=O) groups is 1. The number of amides is 1. The lowest BCUT2D eigenvalue weighted by Crippen LogP contribution is -2.48. The molecule has 4 rings (SSSR count). The molecule has 0 aliphatic carbocycles. The molecular weight excluding hydrogens is 424 g/mol. The van der Waals surface area contributed by atoms with E-state index in [2.05, 4.69) is 11.0 Å². The Kier molecular flexibility index (Phi) is 6.71. The van der Waals surface area contributed by atoms with Crippen molar-refractivity contribution in [3.8, 4) is 0 Å². The van der Waals surface area contributed by atoms with Gasteiger partial charge in [-0.3, -0.25) is 9.10 Å². The van der Waals surface area contributed by atoms with Crippen molar-refractivity contribution < 1.29 is 13.2 Å². The maximum absolute atomic E-state index is 13.4. The molecule has 7 nitrogen and oxygen atoms in total. The summed E-state index contributed by atoms with van der Waals surface area (Å²) in [5.74, 6) is 0.118. The van der Waals surface area contributed by atoms with Crippen LogP contribution < -0.4 is 9.21 Å². The summed E-state index contributed by atoms with van der Waals surface area (Å²) in [5, 5.41) is 0. The van der Waals surface area contributed by atoms with Crippen LogP contribution in [-0.4, -0.2) is 69.8 Å². The Morgan fingerprint density at radius 2 is 1.72 bits per heavy atom. The molecule has 8 heteroatoms. The maximum atomic E-state index is 13.4. The lowest BCUT2D eigenvalue weighted by atomic mass is 10.0. The summed E-state index contributed by atoms with van der Waals surface area (Å²) in [6, 6.07) is 16.0. The van der Waals surface area contributed by atoms with E-state index in [1.165, 1.54) is 4.31 Å². The molecule has 172 valence electrons. The number of anilines is 2. The lowest BCUT2D eigenvalue weighted by Gasteiger charge is -2.37. The van der Waals surface area contributed by atoms with Gasteiger partial charge in [-0.1, -0.05) is 30.3 Å². The van der Waals surface area contributed by atoms with Crippen molar-refractivity contribution in [3.63, 3.8) is 0 Å². The number of fused-ring (bicyclic) bond motifs is 1. The van der Waals surface area contributed by atoms with Gasteiger partial charge in [-0.25, -0.2) is 0 Å². The van der Waals surface area contributed by atoms with Crippen molar-refractivity contribution in [3.05, 3.63) is 59.7 Å². The Morgan fingerprint density at radius 1 is 1.00 bits per heavy atom. The SMILES string of the molecule is CC(=O)N1CCN(c2ccc3c(c2)CCCN3S(=O)(=O)N(C)CCc2ccccc2)CC1. The molecule has 0 N–H and O–H groups in total. The van der Waals surface area contributed by atoms with E-state index in [-0.39, 0.29) is 5.91 Å². The van der Waals surface area contributed by atoms with E-state index in [0.717, 1.165) is 61.5 Å². The third-order valence-electron chi connectivity index (χ3n) is 6.46. The summed E-state index contributed by atoms with van der Waals surface area (Å²) in [5.41, 5.74) is 4.09. The van der Waals surface area contributed by atoms with E-state index in [1.54, 1.807) is 18.3 Å². The first-order chi connectivity index (χ1) is 15.4. The van der Waals surface area contributed by atoms with E-state index >= 15 is 0 Å². The normalized spacial score (nSPS) is 16.9. The standard InChI is InChI=1S/C24H32N4O3S/c1-20(29)26-15-17-27(18-16-26)23-10-11-24-22(19-23)9-6-13-28(24)32(30,31)25(2)14-12-21-7-4-3-5-8-21/h3-5,7-8,10-11,19H,6,9,12-18H2,1-2H3. The average Bonchev–Trinajstić information content (AvgIpc) is 2.82. The lowest BCUT2D eigenvalue weighted by molar-refractivity contribution is -0.129. The number of carbonyl (C=O) groups excluding carboxylic acids is 1. The zero-order chi connectivity index (χ0) is 22.7. The summed E-state index contributed by atoms with van der Waals surface area (Å²) < 4.78 is 29.7. The summed E-state index contributed by atoms with van der Waals surface area (Å²) in [6.07, 6.45) is 2.36. The van der Waals surface area contributed by atoms with Crippen molar-refractivity contribution >= 4 is 27.5 Å². The van der Waals surface area contributed by atoms with Gasteiger partial charge in [0.25, 0.3) is 0 Å². The first-order valence-corrected chi connectivity index (χ1v) is 12.7. The van der Waals surface area contributed by atoms with Crippen LogP contribution in [0.4, 0.5) is 11.4 Å². The second kappa shape index (κ2) is 9.50. The van der Waals surface area contributed by atoms with Crippen molar-refractivity contribution in [1.29, 1.82) is 0 Å². The average molecular weight is 457 g/mol. The van der Waals surface area contributed by atoms with E-state index in [9.17, 15) is 13.2 Å². The molecule has 0 unspecified atom stereocenters. The van der Waals surface area contributed by atoms with Gasteiger partial charge < -0.3 is 9.80 Å². The molecule has 32 heavy (non-hydrogen) atoms. The molecule has 2 aromatic carbocycles. The number of nitrogens with zero attached hydrogens (tertiary/aromatic N) is 4. The summed E-state index contributed by atoms with van der Waals surface area (Å²) >= 11 is 0. The van der Waals surface area contributed by atoms with Crippen LogP contribution in [-0.2, 0) is 27.8 Å². The third-order valence-corrected chi connectivity index (χ3v) is 8.37. The van der Waals surface area contributed by atoms with Gasteiger partial charge in [0.1, 0.15) is 0 Å². The van der Waals surface area contributed by atoms with Crippen LogP contribution in [0, 0.1) is 0 Å². The van der Waals surface area contributed by atoms with E-state index in [1.807, 2.05) is 47.4 Å². The van der Waals surface area contributed by atoms with Crippen LogP contribution in [0.1, 0.15) is 24.5 Å². The number of rotatable bonds is 6. The predicted octanol–water partition coefficient (Wildman–Crippen LogP) is 2.53. The van der Waals surface area contributed by atoms with Crippen molar-refractivity contribution in [1.82, 2.24) is 9.21 Å². The molecule has 1 fully saturated rings. The quantitative estimate of drug-likeness (QED) is 0.670. The van der Waals surface area contributed by atoms with Gasteiger partial charge in [0, 0.05) is 58.9 Å². The number of likely N-dealkylation sites (N-methyl/N-ethyl adjacent to an activating group) is 1. The molecular formula is C24H32N4O3S. The van der Waals surface area contributed by atoms with Crippen LogP contribution >= 0.6 is 0 Å². The Morgan fingerprint density at radius 3 is 2.41 bits per heavy atom. The molecule has 0 bridgehead atoms. The van der Waals surface area contributed by atoms with Gasteiger partial charge in [0.2, 0.25) is 5.91 Å². The number of aryl methyl sites for hydroxylation is 1. The molecule has 0 aromatic heterocycles.